The van der Waals surface area contributed by atoms with E-state index >= 15 is 0 Å². The second-order valence-electron chi connectivity index (χ2n) is 6.62. The lowest BCUT2D eigenvalue weighted by Crippen LogP contribution is -2.57. The van der Waals surface area contributed by atoms with Crippen molar-refractivity contribution in [3.63, 3.8) is 0 Å². The van der Waals surface area contributed by atoms with Gasteiger partial charge in [0.2, 0.25) is 5.91 Å². The highest BCUT2D eigenvalue weighted by Gasteiger charge is 2.38. The molecule has 4 heteroatoms. The Kier molecular flexibility index (Phi) is 4.85. The first kappa shape index (κ1) is 14.8. The molecule has 1 amide bonds. The number of amides is 1. The first-order valence-electron chi connectivity index (χ1n) is 7.83. The molecule has 110 valence electrons. The molecule has 1 saturated heterocycles. The van der Waals surface area contributed by atoms with E-state index in [4.69, 9.17) is 5.73 Å². The van der Waals surface area contributed by atoms with Gasteiger partial charge in [-0.3, -0.25) is 4.79 Å². The largest absolute Gasteiger partial charge is 0.368 e. The quantitative estimate of drug-likeness (QED) is 0.769. The van der Waals surface area contributed by atoms with Gasteiger partial charge in [-0.1, -0.05) is 12.8 Å². The van der Waals surface area contributed by atoms with Crippen LogP contribution >= 0.6 is 0 Å². The Hall–Kier alpha value is -0.610. The van der Waals surface area contributed by atoms with Gasteiger partial charge in [-0.2, -0.15) is 0 Å². The number of nitrogens with two attached hydrogens (primary N) is 1. The van der Waals surface area contributed by atoms with Crippen molar-refractivity contribution in [3.05, 3.63) is 0 Å². The minimum absolute atomic E-state index is 0.207. The maximum Gasteiger partial charge on any atom is 0.237 e. The van der Waals surface area contributed by atoms with E-state index in [9.17, 15) is 4.79 Å². The van der Waals surface area contributed by atoms with E-state index in [1.165, 1.54) is 51.6 Å². The van der Waals surface area contributed by atoms with E-state index in [-0.39, 0.29) is 5.91 Å². The highest BCUT2D eigenvalue weighted by Crippen LogP contribution is 2.26. The highest BCUT2D eigenvalue weighted by molar-refractivity contribution is 5.84. The maximum absolute atomic E-state index is 11.8. The Morgan fingerprint density at radius 3 is 2.37 bits per heavy atom. The normalized spacial score (nSPS) is 26.4. The van der Waals surface area contributed by atoms with E-state index < -0.39 is 5.54 Å². The Balaban J connectivity index is 1.92. The van der Waals surface area contributed by atoms with E-state index in [0.29, 0.717) is 12.1 Å². The van der Waals surface area contributed by atoms with Gasteiger partial charge in [0.15, 0.2) is 0 Å². The van der Waals surface area contributed by atoms with Crippen molar-refractivity contribution in [1.29, 1.82) is 0 Å². The molecular formula is C15H29N3O. The topological polar surface area (TPSA) is 58.4 Å². The van der Waals surface area contributed by atoms with Crippen LogP contribution in [0.2, 0.25) is 0 Å². The lowest BCUT2D eigenvalue weighted by molar-refractivity contribution is -0.124. The third-order valence-corrected chi connectivity index (χ3v) is 4.61. The summed E-state index contributed by atoms with van der Waals surface area (Å²) in [7, 11) is 0. The van der Waals surface area contributed by atoms with Crippen molar-refractivity contribution in [3.8, 4) is 0 Å². The van der Waals surface area contributed by atoms with Crippen molar-refractivity contribution in [2.24, 2.45) is 5.73 Å². The molecule has 2 unspecified atom stereocenters. The van der Waals surface area contributed by atoms with Crippen molar-refractivity contribution < 1.29 is 4.79 Å². The molecule has 0 aromatic heterocycles. The van der Waals surface area contributed by atoms with E-state index in [2.05, 4.69) is 17.1 Å². The first-order valence-corrected chi connectivity index (χ1v) is 7.83. The lowest BCUT2D eigenvalue weighted by Gasteiger charge is -2.35. The average Bonchev–Trinajstić information content (AvgIpc) is 3.14. The average molecular weight is 267 g/mol. The summed E-state index contributed by atoms with van der Waals surface area (Å²) in [6.45, 7) is 6.54. The Morgan fingerprint density at radius 2 is 1.89 bits per heavy atom. The molecule has 1 saturated carbocycles. The molecule has 1 aliphatic heterocycles. The van der Waals surface area contributed by atoms with Crippen LogP contribution in [0.15, 0.2) is 0 Å². The smallest absolute Gasteiger partial charge is 0.237 e. The summed E-state index contributed by atoms with van der Waals surface area (Å²) in [5.41, 5.74) is 5.09. The fraction of sp³-hybridized carbons (Fsp3) is 0.933. The zero-order valence-electron chi connectivity index (χ0n) is 12.5. The number of hydrogen-bond donors (Lipinski definition) is 2. The van der Waals surface area contributed by atoms with Gasteiger partial charge in [0.25, 0.3) is 0 Å². The minimum atomic E-state index is -0.549. The van der Waals surface area contributed by atoms with Crippen LogP contribution in [0.3, 0.4) is 0 Å². The first-order chi connectivity index (χ1) is 9.01. The number of carbonyl (C=O) groups excluding carboxylic acids is 1. The minimum Gasteiger partial charge on any atom is -0.368 e. The van der Waals surface area contributed by atoms with Gasteiger partial charge in [0.05, 0.1) is 5.54 Å². The monoisotopic (exact) mass is 267 g/mol. The summed E-state index contributed by atoms with van der Waals surface area (Å²) in [5.74, 6) is -0.207. The number of likely N-dealkylation sites (tertiary alicyclic amines) is 1. The maximum atomic E-state index is 11.8. The Labute approximate surface area is 117 Å². The van der Waals surface area contributed by atoms with Crippen molar-refractivity contribution in [1.82, 2.24) is 10.2 Å². The predicted octanol–water partition coefficient (Wildman–Crippen LogP) is 1.64. The highest BCUT2D eigenvalue weighted by atomic mass is 16.1. The zero-order valence-corrected chi connectivity index (χ0v) is 12.5. The van der Waals surface area contributed by atoms with Gasteiger partial charge < -0.3 is 16.0 Å². The molecule has 0 aromatic rings. The summed E-state index contributed by atoms with van der Waals surface area (Å²) in [4.78, 5) is 14.3. The van der Waals surface area contributed by atoms with Crippen molar-refractivity contribution >= 4 is 5.91 Å². The van der Waals surface area contributed by atoms with Crippen LogP contribution in [0.5, 0.6) is 0 Å². The molecule has 2 aliphatic rings. The molecule has 2 rings (SSSR count). The van der Waals surface area contributed by atoms with Gasteiger partial charge in [-0.15, -0.1) is 0 Å². The van der Waals surface area contributed by atoms with E-state index in [0.717, 1.165) is 6.42 Å². The van der Waals surface area contributed by atoms with Crippen LogP contribution in [0.1, 0.15) is 58.8 Å². The van der Waals surface area contributed by atoms with Crippen molar-refractivity contribution in [2.75, 3.05) is 13.1 Å². The summed E-state index contributed by atoms with van der Waals surface area (Å²) < 4.78 is 0. The third-order valence-electron chi connectivity index (χ3n) is 4.61. The third kappa shape index (κ3) is 4.18. The molecule has 1 aliphatic carbocycles. The van der Waals surface area contributed by atoms with Gasteiger partial charge in [0.1, 0.15) is 0 Å². The number of carbonyl (C=O) groups is 1. The Bertz CT molecular complexity index is 309. The fourth-order valence-electron chi connectivity index (χ4n) is 3.16. The molecule has 2 atom stereocenters. The number of hydrogen-bond acceptors (Lipinski definition) is 3. The molecule has 0 radical (unpaired) electrons. The van der Waals surface area contributed by atoms with Crippen LogP contribution in [-0.4, -0.2) is 41.5 Å². The second-order valence-corrected chi connectivity index (χ2v) is 6.62. The summed E-state index contributed by atoms with van der Waals surface area (Å²) in [6, 6.07) is 0.927. The molecule has 1 heterocycles. The van der Waals surface area contributed by atoms with E-state index in [1.54, 1.807) is 0 Å². The second kappa shape index (κ2) is 6.23. The zero-order chi connectivity index (χ0) is 13.9. The fourth-order valence-corrected chi connectivity index (χ4v) is 3.16. The summed E-state index contributed by atoms with van der Waals surface area (Å²) in [6.07, 6.45) is 8.44. The predicted molar refractivity (Wildman–Crippen MR) is 77.9 cm³/mol. The van der Waals surface area contributed by atoms with Gasteiger partial charge in [0, 0.05) is 12.1 Å². The SMILES string of the molecule is CC(CC(C)(NC1CC1)C(N)=O)N1CCCCCC1. The number of rotatable bonds is 6. The number of nitrogens with one attached hydrogen (secondary N) is 1. The molecule has 2 fully saturated rings. The van der Waals surface area contributed by atoms with Gasteiger partial charge in [-0.25, -0.2) is 0 Å². The van der Waals surface area contributed by atoms with Crippen LogP contribution in [0, 0.1) is 0 Å². The van der Waals surface area contributed by atoms with Gasteiger partial charge >= 0.3 is 0 Å². The van der Waals surface area contributed by atoms with Crippen molar-refractivity contribution in [2.45, 2.75) is 76.4 Å². The molecule has 0 spiro atoms. The number of primary amides is 1. The molecular weight excluding hydrogens is 238 g/mol. The van der Waals surface area contributed by atoms with Crippen LogP contribution < -0.4 is 11.1 Å². The Morgan fingerprint density at radius 1 is 1.32 bits per heavy atom. The standard InChI is InChI=1S/C15H29N3O/c1-12(18-9-5-3-4-6-10-18)11-15(2,14(16)19)17-13-7-8-13/h12-13,17H,3-11H2,1-2H3,(H2,16,19). The van der Waals surface area contributed by atoms with E-state index in [1.807, 2.05) is 6.92 Å². The van der Waals surface area contributed by atoms with Gasteiger partial charge in [-0.05, 0) is 59.0 Å². The van der Waals surface area contributed by atoms with Crippen LogP contribution in [0.4, 0.5) is 0 Å². The molecule has 0 aromatic carbocycles. The summed E-state index contributed by atoms with van der Waals surface area (Å²) >= 11 is 0. The lowest BCUT2D eigenvalue weighted by atomic mass is 9.91. The van der Waals surface area contributed by atoms with Crippen LogP contribution in [-0.2, 0) is 4.79 Å². The van der Waals surface area contributed by atoms with Crippen LogP contribution in [0.25, 0.3) is 0 Å². The molecule has 19 heavy (non-hydrogen) atoms. The summed E-state index contributed by atoms with van der Waals surface area (Å²) in [5, 5.41) is 3.45. The molecule has 4 nitrogen and oxygen atoms in total. The number of nitrogens with zero attached hydrogens (tertiary/aromatic N) is 1. The molecule has 3 N–H and O–H groups in total. The molecule has 0 bridgehead atoms.